The molecule has 2 aromatic carbocycles. The summed E-state index contributed by atoms with van der Waals surface area (Å²) in [5, 5.41) is 28.6. The molecule has 0 spiro atoms. The zero-order valence-electron chi connectivity index (χ0n) is 22.3. The fraction of sp³-hybridized carbons (Fsp3) is 0.400. The van der Waals surface area contributed by atoms with Crippen molar-refractivity contribution >= 4 is 36.2 Å². The van der Waals surface area contributed by atoms with E-state index < -0.39 is 24.8 Å². The quantitative estimate of drug-likeness (QED) is 0.286. The van der Waals surface area contributed by atoms with Crippen LogP contribution < -0.4 is 10.4 Å². The first-order chi connectivity index (χ1) is 18.6. The van der Waals surface area contributed by atoms with Crippen LogP contribution in [-0.2, 0) is 14.3 Å². The SMILES string of the molecule is C/C(=C\c1ccc(O)c(F)c1)CC[C@H]1OC[C@H]2C1=C(C(C)C)C[C@H]1C(=O)N(c3cccc(B(O)O)c3)C(=O)[C@H]12. The lowest BCUT2D eigenvalue weighted by Crippen LogP contribution is -2.36. The number of rotatable bonds is 7. The van der Waals surface area contributed by atoms with Crippen LogP contribution in [0.25, 0.3) is 6.08 Å². The minimum absolute atomic E-state index is 0.168. The number of fused-ring (bicyclic) bond motifs is 3. The van der Waals surface area contributed by atoms with Crippen molar-refractivity contribution in [3.05, 3.63) is 70.6 Å². The zero-order valence-corrected chi connectivity index (χ0v) is 22.3. The summed E-state index contributed by atoms with van der Waals surface area (Å²) in [6.45, 7) is 6.54. The highest BCUT2D eigenvalue weighted by Crippen LogP contribution is 2.51. The Morgan fingerprint density at radius 2 is 1.92 bits per heavy atom. The Morgan fingerprint density at radius 3 is 2.62 bits per heavy atom. The molecule has 2 aliphatic heterocycles. The number of amides is 2. The van der Waals surface area contributed by atoms with Gasteiger partial charge in [0.05, 0.1) is 30.2 Å². The van der Waals surface area contributed by atoms with Crippen molar-refractivity contribution in [3.8, 4) is 5.75 Å². The maximum absolute atomic E-state index is 13.7. The van der Waals surface area contributed by atoms with Gasteiger partial charge in [-0.05, 0) is 73.0 Å². The molecule has 1 aliphatic carbocycles. The van der Waals surface area contributed by atoms with E-state index in [0.717, 1.165) is 11.1 Å². The van der Waals surface area contributed by atoms with Crippen LogP contribution in [0.15, 0.2) is 59.2 Å². The summed E-state index contributed by atoms with van der Waals surface area (Å²) in [7, 11) is -1.70. The van der Waals surface area contributed by atoms with Gasteiger partial charge in [0.15, 0.2) is 11.6 Å². The number of allylic oxidation sites excluding steroid dienone is 2. The lowest BCUT2D eigenvalue weighted by atomic mass is 9.67. The third-order valence-corrected chi connectivity index (χ3v) is 8.25. The van der Waals surface area contributed by atoms with E-state index in [-0.39, 0.29) is 41.0 Å². The number of phenols is 1. The molecule has 2 fully saturated rings. The molecular weight excluding hydrogens is 500 g/mol. The van der Waals surface area contributed by atoms with Crippen molar-refractivity contribution in [1.29, 1.82) is 0 Å². The van der Waals surface area contributed by atoms with Gasteiger partial charge in [-0.25, -0.2) is 4.39 Å². The number of hydrogen-bond acceptors (Lipinski definition) is 6. The molecule has 0 saturated carbocycles. The standard InChI is InChI=1S/C30H33BFNO6/c1-16(2)21-14-22-28(30(36)33(29(22)35)20-6-4-5-19(13-20)31(37)38)23-15-39-26(27(21)23)10-7-17(3)11-18-8-9-25(34)24(32)12-18/h4-6,8-9,11-13,16,22-23,26,28,34,37-38H,7,10,14-15H2,1-3H3/b17-11+/t22-,23+,26-,28-/m1/s1. The lowest BCUT2D eigenvalue weighted by molar-refractivity contribution is -0.122. The van der Waals surface area contributed by atoms with Crippen LogP contribution in [0.4, 0.5) is 10.1 Å². The molecule has 3 aliphatic rings. The Morgan fingerprint density at radius 1 is 1.15 bits per heavy atom. The molecule has 39 heavy (non-hydrogen) atoms. The lowest BCUT2D eigenvalue weighted by Gasteiger charge is -2.33. The summed E-state index contributed by atoms with van der Waals surface area (Å²) < 4.78 is 20.0. The summed E-state index contributed by atoms with van der Waals surface area (Å²) in [6, 6.07) is 10.5. The van der Waals surface area contributed by atoms with Crippen molar-refractivity contribution in [2.45, 2.75) is 46.1 Å². The Labute approximate surface area is 227 Å². The number of benzene rings is 2. The molecule has 9 heteroatoms. The third-order valence-electron chi connectivity index (χ3n) is 8.25. The summed E-state index contributed by atoms with van der Waals surface area (Å²) >= 11 is 0. The minimum atomic E-state index is -1.70. The Hall–Kier alpha value is -3.27. The highest BCUT2D eigenvalue weighted by Gasteiger charge is 2.57. The number of ether oxygens (including phenoxy) is 1. The summed E-state index contributed by atoms with van der Waals surface area (Å²) in [6.07, 6.45) is 3.62. The maximum Gasteiger partial charge on any atom is 0.488 e. The second kappa shape index (κ2) is 10.7. The predicted octanol–water partition coefficient (Wildman–Crippen LogP) is 3.57. The van der Waals surface area contributed by atoms with Gasteiger partial charge in [-0.15, -0.1) is 0 Å². The van der Waals surface area contributed by atoms with Crippen LogP contribution in [0.2, 0.25) is 0 Å². The molecule has 0 radical (unpaired) electrons. The summed E-state index contributed by atoms with van der Waals surface area (Å²) in [4.78, 5) is 28.5. The smallest absolute Gasteiger partial charge is 0.488 e. The molecule has 0 bridgehead atoms. The van der Waals surface area contributed by atoms with Gasteiger partial charge in [0.25, 0.3) is 0 Å². The molecule has 7 nitrogen and oxygen atoms in total. The number of carbonyl (C=O) groups excluding carboxylic acids is 2. The number of nitrogens with zero attached hydrogens (tertiary/aromatic N) is 1. The number of aromatic hydroxyl groups is 1. The van der Waals surface area contributed by atoms with Crippen molar-refractivity contribution in [1.82, 2.24) is 0 Å². The van der Waals surface area contributed by atoms with Gasteiger partial charge in [0.1, 0.15) is 0 Å². The molecule has 2 saturated heterocycles. The van der Waals surface area contributed by atoms with Crippen LogP contribution >= 0.6 is 0 Å². The maximum atomic E-state index is 13.7. The van der Waals surface area contributed by atoms with Crippen LogP contribution in [0, 0.1) is 29.5 Å². The number of halogens is 1. The number of phenolic OH excluding ortho intramolecular Hbond substituents is 1. The molecule has 3 N–H and O–H groups in total. The van der Waals surface area contributed by atoms with E-state index in [4.69, 9.17) is 4.74 Å². The van der Waals surface area contributed by atoms with E-state index in [1.807, 2.05) is 13.0 Å². The largest absolute Gasteiger partial charge is 0.505 e. The molecule has 5 rings (SSSR count). The van der Waals surface area contributed by atoms with Crippen LogP contribution in [0.5, 0.6) is 5.75 Å². The first-order valence-corrected chi connectivity index (χ1v) is 13.4. The van der Waals surface area contributed by atoms with Crippen LogP contribution in [-0.4, -0.2) is 46.8 Å². The Balaban J connectivity index is 1.38. The monoisotopic (exact) mass is 533 g/mol. The molecule has 2 heterocycles. The molecule has 204 valence electrons. The molecule has 2 amide bonds. The predicted molar refractivity (Wildman–Crippen MR) is 146 cm³/mol. The number of anilines is 1. The van der Waals surface area contributed by atoms with Gasteiger partial charge >= 0.3 is 7.12 Å². The Bertz CT molecular complexity index is 1370. The fourth-order valence-electron chi connectivity index (χ4n) is 6.37. The normalized spacial score (nSPS) is 25.0. The molecular formula is C30H33BFNO6. The van der Waals surface area contributed by atoms with Crippen LogP contribution in [0.1, 0.15) is 45.6 Å². The van der Waals surface area contributed by atoms with Gasteiger partial charge in [-0.2, -0.15) is 0 Å². The van der Waals surface area contributed by atoms with Crippen molar-refractivity contribution < 1.29 is 33.9 Å². The highest BCUT2D eigenvalue weighted by molar-refractivity contribution is 6.58. The molecule has 2 aromatic rings. The van der Waals surface area contributed by atoms with Crippen LogP contribution in [0.3, 0.4) is 0 Å². The van der Waals surface area contributed by atoms with Gasteiger partial charge in [0.2, 0.25) is 11.8 Å². The molecule has 0 aromatic heterocycles. The van der Waals surface area contributed by atoms with Crippen molar-refractivity contribution in [3.63, 3.8) is 0 Å². The zero-order chi connectivity index (χ0) is 28.0. The topological polar surface area (TPSA) is 107 Å². The summed E-state index contributed by atoms with van der Waals surface area (Å²) in [5.74, 6) is -2.55. The van der Waals surface area contributed by atoms with Gasteiger partial charge in [0, 0.05) is 5.92 Å². The number of imide groups is 1. The highest BCUT2D eigenvalue weighted by atomic mass is 19.1. The number of hydrogen-bond donors (Lipinski definition) is 3. The van der Waals surface area contributed by atoms with Crippen molar-refractivity contribution in [2.24, 2.45) is 23.7 Å². The van der Waals surface area contributed by atoms with Crippen molar-refractivity contribution in [2.75, 3.05) is 11.5 Å². The minimum Gasteiger partial charge on any atom is -0.505 e. The van der Waals surface area contributed by atoms with Gasteiger partial charge < -0.3 is 19.9 Å². The molecule has 0 unspecified atom stereocenters. The fourth-order valence-corrected chi connectivity index (χ4v) is 6.37. The number of carbonyl (C=O) groups is 2. The van der Waals surface area contributed by atoms with Gasteiger partial charge in [-0.3, -0.25) is 14.5 Å². The Kier molecular flexibility index (Phi) is 7.50. The molecule has 4 atom stereocenters. The van der Waals surface area contributed by atoms with E-state index in [9.17, 15) is 29.1 Å². The van der Waals surface area contributed by atoms with E-state index in [0.29, 0.717) is 37.1 Å². The third kappa shape index (κ3) is 5.06. The summed E-state index contributed by atoms with van der Waals surface area (Å²) in [5.41, 5.74) is 4.58. The average molecular weight is 533 g/mol. The van der Waals surface area contributed by atoms with Gasteiger partial charge in [-0.1, -0.05) is 49.3 Å². The van der Waals surface area contributed by atoms with E-state index >= 15 is 0 Å². The van der Waals surface area contributed by atoms with E-state index in [1.165, 1.54) is 34.7 Å². The first-order valence-electron chi connectivity index (χ1n) is 13.4. The first kappa shape index (κ1) is 27.3. The average Bonchev–Trinajstić information content (AvgIpc) is 3.42. The van der Waals surface area contributed by atoms with E-state index in [2.05, 4.69) is 13.8 Å². The van der Waals surface area contributed by atoms with E-state index in [1.54, 1.807) is 18.2 Å². The second-order valence-corrected chi connectivity index (χ2v) is 11.1. The second-order valence-electron chi connectivity index (χ2n) is 11.1.